The summed E-state index contributed by atoms with van der Waals surface area (Å²) < 4.78 is 29.5. The van der Waals surface area contributed by atoms with Crippen LogP contribution < -0.4 is 0 Å². The Kier molecular flexibility index (Phi) is 15.3. The van der Waals surface area contributed by atoms with Crippen molar-refractivity contribution in [3.05, 3.63) is 24.3 Å². The zero-order valence-electron chi connectivity index (χ0n) is 24.9. The summed E-state index contributed by atoms with van der Waals surface area (Å²) in [6.45, 7) is 5.57. The van der Waals surface area contributed by atoms with E-state index >= 15 is 0 Å². The van der Waals surface area contributed by atoms with Gasteiger partial charge in [-0.25, -0.2) is 0 Å². The van der Waals surface area contributed by atoms with Crippen LogP contribution in [0, 0.1) is 29.6 Å². The number of methoxy groups -OCH3 is 1. The van der Waals surface area contributed by atoms with Crippen molar-refractivity contribution >= 4 is 5.97 Å². The molecule has 1 aliphatic carbocycles. The average Bonchev–Trinajstić information content (AvgIpc) is 3.26. The number of aliphatic hydroxyl groups excluding tert-OH is 1. The van der Waals surface area contributed by atoms with Gasteiger partial charge in [-0.05, 0) is 83.0 Å². The summed E-state index contributed by atoms with van der Waals surface area (Å²) >= 11 is 0. The molecule has 3 unspecified atom stereocenters. The van der Waals surface area contributed by atoms with Gasteiger partial charge in [-0.3, -0.25) is 4.79 Å². The Morgan fingerprint density at radius 2 is 1.85 bits per heavy atom. The Morgan fingerprint density at radius 3 is 2.52 bits per heavy atom. The molecule has 0 spiro atoms. The van der Waals surface area contributed by atoms with Crippen LogP contribution in [0.1, 0.15) is 97.3 Å². The SMILES string of the molecule is CC#CCCC(C)[C@@H](/C=C/[C@@H]1[C@@H](C/C=C\CCCC(=O)OC)[C@H](O)C[C@H]1OC1CCCCO1)OC1CCCCO1. The van der Waals surface area contributed by atoms with Crippen molar-refractivity contribution < 1.29 is 33.6 Å². The molecule has 3 fully saturated rings. The number of allylic oxidation sites excluding steroid dienone is 2. The highest BCUT2D eigenvalue weighted by Gasteiger charge is 2.42. The number of esters is 1. The van der Waals surface area contributed by atoms with Gasteiger partial charge in [0.1, 0.15) is 0 Å². The maximum absolute atomic E-state index is 11.4. The summed E-state index contributed by atoms with van der Waals surface area (Å²) in [7, 11) is 1.42. The molecule has 1 N–H and O–H groups in total. The number of aliphatic hydroxyl groups is 1. The van der Waals surface area contributed by atoms with Gasteiger partial charge in [-0.1, -0.05) is 31.2 Å². The van der Waals surface area contributed by atoms with Crippen molar-refractivity contribution in [3.8, 4) is 11.8 Å². The maximum Gasteiger partial charge on any atom is 0.305 e. The van der Waals surface area contributed by atoms with Crippen LogP contribution in [-0.2, 0) is 28.5 Å². The predicted molar refractivity (Wildman–Crippen MR) is 155 cm³/mol. The highest BCUT2D eigenvalue weighted by molar-refractivity contribution is 5.69. The first-order valence-corrected chi connectivity index (χ1v) is 15.5. The average molecular weight is 561 g/mol. The van der Waals surface area contributed by atoms with Gasteiger partial charge in [0.05, 0.1) is 25.4 Å². The molecular weight excluding hydrogens is 508 g/mol. The largest absolute Gasteiger partial charge is 0.469 e. The van der Waals surface area contributed by atoms with E-state index in [0.717, 1.165) is 83.8 Å². The van der Waals surface area contributed by atoms with Gasteiger partial charge in [0.25, 0.3) is 0 Å². The van der Waals surface area contributed by atoms with Crippen molar-refractivity contribution in [2.45, 2.75) is 128 Å². The molecule has 2 saturated heterocycles. The van der Waals surface area contributed by atoms with Crippen molar-refractivity contribution in [2.24, 2.45) is 17.8 Å². The Bertz CT molecular complexity index is 831. The van der Waals surface area contributed by atoms with E-state index in [-0.39, 0.29) is 48.5 Å². The Morgan fingerprint density at radius 1 is 1.10 bits per heavy atom. The van der Waals surface area contributed by atoms with Crippen LogP contribution in [0.2, 0.25) is 0 Å². The quantitative estimate of drug-likeness (QED) is 0.112. The molecule has 0 bridgehead atoms. The third kappa shape index (κ3) is 11.3. The van der Waals surface area contributed by atoms with Gasteiger partial charge in [-0.2, -0.15) is 0 Å². The molecule has 7 nitrogen and oxygen atoms in total. The summed E-state index contributed by atoms with van der Waals surface area (Å²) in [6.07, 6.45) is 18.9. The lowest BCUT2D eigenvalue weighted by Gasteiger charge is -2.31. The van der Waals surface area contributed by atoms with E-state index in [1.807, 2.05) is 6.92 Å². The van der Waals surface area contributed by atoms with Gasteiger partial charge < -0.3 is 28.8 Å². The van der Waals surface area contributed by atoms with E-state index in [4.69, 9.17) is 23.7 Å². The van der Waals surface area contributed by atoms with E-state index in [9.17, 15) is 9.90 Å². The molecule has 2 aliphatic heterocycles. The van der Waals surface area contributed by atoms with Gasteiger partial charge in [0.15, 0.2) is 12.6 Å². The third-order valence-corrected chi connectivity index (χ3v) is 8.34. The number of ether oxygens (including phenoxy) is 5. The number of hydrogen-bond donors (Lipinski definition) is 1. The zero-order valence-corrected chi connectivity index (χ0v) is 24.9. The van der Waals surface area contributed by atoms with Crippen LogP contribution in [0.3, 0.4) is 0 Å². The number of carbonyl (C=O) groups excluding carboxylic acids is 1. The summed E-state index contributed by atoms with van der Waals surface area (Å²) in [4.78, 5) is 11.4. The number of hydrogen-bond acceptors (Lipinski definition) is 7. The summed E-state index contributed by atoms with van der Waals surface area (Å²) in [6, 6.07) is 0. The van der Waals surface area contributed by atoms with Gasteiger partial charge >= 0.3 is 5.97 Å². The van der Waals surface area contributed by atoms with E-state index in [2.05, 4.69) is 43.1 Å². The molecule has 1 saturated carbocycles. The van der Waals surface area contributed by atoms with E-state index in [1.54, 1.807) is 0 Å². The van der Waals surface area contributed by atoms with E-state index < -0.39 is 6.10 Å². The summed E-state index contributed by atoms with van der Waals surface area (Å²) in [5, 5.41) is 11.1. The molecule has 226 valence electrons. The van der Waals surface area contributed by atoms with Crippen molar-refractivity contribution in [1.82, 2.24) is 0 Å². The van der Waals surface area contributed by atoms with Crippen LogP contribution >= 0.6 is 0 Å². The van der Waals surface area contributed by atoms with Crippen LogP contribution in [-0.4, -0.2) is 62.3 Å². The van der Waals surface area contributed by atoms with Gasteiger partial charge in [0.2, 0.25) is 0 Å². The number of rotatable bonds is 15. The molecule has 7 heteroatoms. The molecular formula is C33H52O7. The molecule has 3 rings (SSSR count). The molecule has 0 aromatic carbocycles. The van der Waals surface area contributed by atoms with Gasteiger partial charge in [0, 0.05) is 38.4 Å². The smallest absolute Gasteiger partial charge is 0.305 e. The summed E-state index contributed by atoms with van der Waals surface area (Å²) in [5.74, 6) is 6.36. The second kappa shape index (κ2) is 18.7. The van der Waals surface area contributed by atoms with Crippen molar-refractivity contribution in [1.29, 1.82) is 0 Å². The fourth-order valence-electron chi connectivity index (χ4n) is 5.87. The number of carbonyl (C=O) groups is 1. The van der Waals surface area contributed by atoms with E-state index in [1.165, 1.54) is 7.11 Å². The van der Waals surface area contributed by atoms with Crippen LogP contribution in [0.15, 0.2) is 24.3 Å². The fraction of sp³-hybridized carbons (Fsp3) is 0.788. The minimum atomic E-state index is -0.457. The normalized spacial score (nSPS) is 30.7. The lowest BCUT2D eigenvalue weighted by molar-refractivity contribution is -0.193. The second-order valence-corrected chi connectivity index (χ2v) is 11.4. The van der Waals surface area contributed by atoms with Crippen LogP contribution in [0.25, 0.3) is 0 Å². The fourth-order valence-corrected chi connectivity index (χ4v) is 5.87. The molecule has 8 atom stereocenters. The molecule has 40 heavy (non-hydrogen) atoms. The van der Waals surface area contributed by atoms with Gasteiger partial charge in [-0.15, -0.1) is 11.8 Å². The minimum absolute atomic E-state index is 0.0366. The number of unbranched alkanes of at least 4 members (excludes halogenated alkanes) is 1. The minimum Gasteiger partial charge on any atom is -0.469 e. The standard InChI is InChI=1S/C33H52O7/c1-4-5-8-15-25(2)29(39-32-18-11-13-22-37-32)21-20-27-26(16-9-6-7-10-17-31(35)36-3)28(34)24-30(27)40-33-19-12-14-23-38-33/h6,9,20-21,25-30,32-34H,7-8,10-19,22-24H2,1-3H3/b9-6-,21-20+/t25?,26-,27-,28-,29-,30-,32?,33?/m1/s1. The molecule has 0 amide bonds. The second-order valence-electron chi connectivity index (χ2n) is 11.4. The predicted octanol–water partition coefficient (Wildman–Crippen LogP) is 6.09. The molecule has 3 aliphatic rings. The Labute approximate surface area is 242 Å². The first kappa shape index (κ1) is 32.8. The van der Waals surface area contributed by atoms with E-state index in [0.29, 0.717) is 12.8 Å². The monoisotopic (exact) mass is 560 g/mol. The first-order valence-electron chi connectivity index (χ1n) is 15.5. The maximum atomic E-state index is 11.4. The highest BCUT2D eigenvalue weighted by Crippen LogP contribution is 2.40. The molecule has 0 aromatic heterocycles. The third-order valence-electron chi connectivity index (χ3n) is 8.34. The summed E-state index contributed by atoms with van der Waals surface area (Å²) in [5.41, 5.74) is 0. The Hall–Kier alpha value is -1.69. The first-order chi connectivity index (χ1) is 19.5. The lowest BCUT2D eigenvalue weighted by Crippen LogP contribution is -2.32. The highest BCUT2D eigenvalue weighted by atomic mass is 16.7. The van der Waals surface area contributed by atoms with Crippen LogP contribution in [0.5, 0.6) is 0 Å². The van der Waals surface area contributed by atoms with Crippen molar-refractivity contribution in [3.63, 3.8) is 0 Å². The molecule has 0 aromatic rings. The molecule has 2 heterocycles. The zero-order chi connectivity index (χ0) is 28.6. The van der Waals surface area contributed by atoms with Crippen molar-refractivity contribution in [2.75, 3.05) is 20.3 Å². The van der Waals surface area contributed by atoms with Crippen LogP contribution in [0.4, 0.5) is 0 Å². The lowest BCUT2D eigenvalue weighted by atomic mass is 9.88. The topological polar surface area (TPSA) is 83.5 Å². The molecule has 0 radical (unpaired) electrons. The Balaban J connectivity index is 1.71.